The van der Waals surface area contributed by atoms with Gasteiger partial charge in [-0.3, -0.25) is 9.48 Å². The number of aryl methyl sites for hydroxylation is 1. The molecular formula is C15H24N4O. The Morgan fingerprint density at radius 3 is 2.80 bits per heavy atom. The zero-order valence-electron chi connectivity index (χ0n) is 12.4. The number of aromatic nitrogens is 2. The summed E-state index contributed by atoms with van der Waals surface area (Å²) in [5.74, 6) is 0.920. The van der Waals surface area contributed by atoms with Crippen LogP contribution in [-0.2, 0) is 18.4 Å². The summed E-state index contributed by atoms with van der Waals surface area (Å²) in [6.45, 7) is 4.55. The average molecular weight is 276 g/mol. The van der Waals surface area contributed by atoms with Crippen LogP contribution in [0.25, 0.3) is 0 Å². The van der Waals surface area contributed by atoms with E-state index in [1.807, 2.05) is 29.7 Å². The number of carbonyl (C=O) groups is 1. The van der Waals surface area contributed by atoms with Gasteiger partial charge in [0.2, 0.25) is 5.91 Å². The van der Waals surface area contributed by atoms with Crippen molar-refractivity contribution in [2.75, 3.05) is 13.1 Å². The molecule has 20 heavy (non-hydrogen) atoms. The van der Waals surface area contributed by atoms with E-state index in [2.05, 4.69) is 10.4 Å². The molecule has 0 spiro atoms. The molecule has 5 heteroatoms. The van der Waals surface area contributed by atoms with Crippen LogP contribution in [0.1, 0.15) is 49.8 Å². The molecule has 0 aromatic carbocycles. The van der Waals surface area contributed by atoms with Gasteiger partial charge in [-0.25, -0.2) is 0 Å². The fourth-order valence-electron chi connectivity index (χ4n) is 3.07. The normalized spacial score (nSPS) is 20.4. The van der Waals surface area contributed by atoms with Gasteiger partial charge in [0, 0.05) is 43.9 Å². The molecule has 1 saturated heterocycles. The van der Waals surface area contributed by atoms with Gasteiger partial charge in [-0.1, -0.05) is 0 Å². The van der Waals surface area contributed by atoms with E-state index in [1.54, 1.807) is 0 Å². The third kappa shape index (κ3) is 2.73. The van der Waals surface area contributed by atoms with E-state index in [0.29, 0.717) is 5.92 Å². The second-order valence-corrected chi connectivity index (χ2v) is 6.09. The smallest absolute Gasteiger partial charge is 0.239 e. The SMILES string of the molecule is C[C@H](NCc1cnn(C)c1C1CC1)C(=O)N1CCCC1. The van der Waals surface area contributed by atoms with Crippen LogP contribution < -0.4 is 5.32 Å². The van der Waals surface area contributed by atoms with E-state index in [4.69, 9.17) is 0 Å². The highest BCUT2D eigenvalue weighted by atomic mass is 16.2. The first kappa shape index (κ1) is 13.6. The maximum atomic E-state index is 12.2. The molecule has 1 aliphatic heterocycles. The van der Waals surface area contributed by atoms with Crippen LogP contribution in [0.5, 0.6) is 0 Å². The molecule has 1 aliphatic carbocycles. The van der Waals surface area contributed by atoms with Crippen LogP contribution in [-0.4, -0.2) is 39.7 Å². The first-order valence-corrected chi connectivity index (χ1v) is 7.69. The van der Waals surface area contributed by atoms with E-state index in [-0.39, 0.29) is 11.9 Å². The van der Waals surface area contributed by atoms with Crippen LogP contribution >= 0.6 is 0 Å². The summed E-state index contributed by atoms with van der Waals surface area (Å²) in [4.78, 5) is 14.2. The van der Waals surface area contributed by atoms with Gasteiger partial charge in [-0.05, 0) is 32.6 Å². The minimum atomic E-state index is -0.111. The first-order chi connectivity index (χ1) is 9.66. The molecular weight excluding hydrogens is 252 g/mol. The maximum absolute atomic E-state index is 12.2. The molecule has 1 amide bonds. The minimum Gasteiger partial charge on any atom is -0.341 e. The summed E-state index contributed by atoms with van der Waals surface area (Å²) in [7, 11) is 2.01. The molecule has 5 nitrogen and oxygen atoms in total. The van der Waals surface area contributed by atoms with Crippen molar-refractivity contribution in [3.05, 3.63) is 17.5 Å². The van der Waals surface area contributed by atoms with Crippen LogP contribution in [0.4, 0.5) is 0 Å². The van der Waals surface area contributed by atoms with Crippen molar-refractivity contribution in [2.45, 2.75) is 51.1 Å². The summed E-state index contributed by atoms with van der Waals surface area (Å²) in [6.07, 6.45) is 6.77. The second kappa shape index (κ2) is 5.56. The molecule has 0 unspecified atom stereocenters. The van der Waals surface area contributed by atoms with Crippen LogP contribution in [0.3, 0.4) is 0 Å². The lowest BCUT2D eigenvalue weighted by Crippen LogP contribution is -2.43. The molecule has 110 valence electrons. The summed E-state index contributed by atoms with van der Waals surface area (Å²) in [5, 5.41) is 7.73. The number of amides is 1. The molecule has 0 bridgehead atoms. The fraction of sp³-hybridized carbons (Fsp3) is 0.733. The standard InChI is InChI=1S/C15H24N4O/c1-11(15(20)19-7-3-4-8-19)16-9-13-10-17-18(2)14(13)12-5-6-12/h10-12,16H,3-9H2,1-2H3/t11-/m0/s1. The number of rotatable bonds is 5. The van der Waals surface area contributed by atoms with Crippen molar-refractivity contribution >= 4 is 5.91 Å². The van der Waals surface area contributed by atoms with E-state index in [0.717, 1.165) is 32.5 Å². The van der Waals surface area contributed by atoms with Gasteiger partial charge in [-0.15, -0.1) is 0 Å². The fourth-order valence-corrected chi connectivity index (χ4v) is 3.07. The molecule has 0 radical (unpaired) electrons. The Kier molecular flexibility index (Phi) is 3.78. The molecule has 1 aromatic rings. The monoisotopic (exact) mass is 276 g/mol. The largest absolute Gasteiger partial charge is 0.341 e. The Morgan fingerprint density at radius 1 is 1.45 bits per heavy atom. The molecule has 3 rings (SSSR count). The summed E-state index contributed by atoms with van der Waals surface area (Å²) in [5.41, 5.74) is 2.59. The Morgan fingerprint density at radius 2 is 2.15 bits per heavy atom. The Labute approximate surface area is 120 Å². The minimum absolute atomic E-state index is 0.111. The number of hydrogen-bond acceptors (Lipinski definition) is 3. The van der Waals surface area contributed by atoms with Crippen molar-refractivity contribution < 1.29 is 4.79 Å². The van der Waals surface area contributed by atoms with Crippen molar-refractivity contribution in [1.82, 2.24) is 20.0 Å². The summed E-state index contributed by atoms with van der Waals surface area (Å²) >= 11 is 0. The Bertz CT molecular complexity index is 486. The zero-order valence-corrected chi connectivity index (χ0v) is 12.4. The topological polar surface area (TPSA) is 50.2 Å². The summed E-state index contributed by atoms with van der Waals surface area (Å²) < 4.78 is 1.99. The number of hydrogen-bond donors (Lipinski definition) is 1. The van der Waals surface area contributed by atoms with Gasteiger partial charge < -0.3 is 10.2 Å². The summed E-state index contributed by atoms with van der Waals surface area (Å²) in [6, 6.07) is -0.111. The molecule has 1 N–H and O–H groups in total. The number of nitrogens with one attached hydrogen (secondary N) is 1. The van der Waals surface area contributed by atoms with E-state index < -0.39 is 0 Å². The van der Waals surface area contributed by atoms with Crippen LogP contribution in [0.15, 0.2) is 6.20 Å². The number of carbonyl (C=O) groups excluding carboxylic acids is 1. The van der Waals surface area contributed by atoms with Crippen molar-refractivity contribution in [3.8, 4) is 0 Å². The van der Waals surface area contributed by atoms with Crippen LogP contribution in [0.2, 0.25) is 0 Å². The lowest BCUT2D eigenvalue weighted by atomic mass is 10.1. The predicted octanol–water partition coefficient (Wildman–Crippen LogP) is 1.40. The van der Waals surface area contributed by atoms with Gasteiger partial charge in [0.15, 0.2) is 0 Å². The van der Waals surface area contributed by atoms with Crippen molar-refractivity contribution in [1.29, 1.82) is 0 Å². The predicted molar refractivity (Wildman–Crippen MR) is 77.3 cm³/mol. The first-order valence-electron chi connectivity index (χ1n) is 7.69. The second-order valence-electron chi connectivity index (χ2n) is 6.09. The molecule has 2 aliphatic rings. The lowest BCUT2D eigenvalue weighted by molar-refractivity contribution is -0.131. The van der Waals surface area contributed by atoms with Crippen molar-refractivity contribution in [3.63, 3.8) is 0 Å². The van der Waals surface area contributed by atoms with Gasteiger partial charge in [0.1, 0.15) is 0 Å². The third-order valence-corrected chi connectivity index (χ3v) is 4.42. The highest BCUT2D eigenvalue weighted by molar-refractivity contribution is 5.81. The highest BCUT2D eigenvalue weighted by Gasteiger charge is 2.29. The quantitative estimate of drug-likeness (QED) is 0.884. The Hall–Kier alpha value is -1.36. The molecule has 1 aromatic heterocycles. The van der Waals surface area contributed by atoms with Gasteiger partial charge in [0.05, 0.1) is 12.2 Å². The third-order valence-electron chi connectivity index (χ3n) is 4.42. The van der Waals surface area contributed by atoms with E-state index >= 15 is 0 Å². The van der Waals surface area contributed by atoms with Gasteiger partial charge >= 0.3 is 0 Å². The number of nitrogens with zero attached hydrogens (tertiary/aromatic N) is 3. The molecule has 1 atom stereocenters. The Balaban J connectivity index is 1.57. The van der Waals surface area contributed by atoms with E-state index in [9.17, 15) is 4.79 Å². The maximum Gasteiger partial charge on any atom is 0.239 e. The van der Waals surface area contributed by atoms with Gasteiger partial charge in [-0.2, -0.15) is 5.10 Å². The molecule has 2 heterocycles. The van der Waals surface area contributed by atoms with Crippen molar-refractivity contribution in [2.24, 2.45) is 7.05 Å². The lowest BCUT2D eigenvalue weighted by Gasteiger charge is -2.21. The van der Waals surface area contributed by atoms with Gasteiger partial charge in [0.25, 0.3) is 0 Å². The zero-order chi connectivity index (χ0) is 14.1. The number of likely N-dealkylation sites (tertiary alicyclic amines) is 1. The average Bonchev–Trinajstić information content (AvgIpc) is 3.00. The van der Waals surface area contributed by atoms with E-state index in [1.165, 1.54) is 24.1 Å². The highest BCUT2D eigenvalue weighted by Crippen LogP contribution is 2.41. The molecule has 1 saturated carbocycles. The molecule has 2 fully saturated rings. The van der Waals surface area contributed by atoms with Crippen LogP contribution in [0, 0.1) is 0 Å².